The molecule has 1 atom stereocenters. The highest BCUT2D eigenvalue weighted by molar-refractivity contribution is 7.99. The average Bonchev–Trinajstić information content (AvgIpc) is 2.45. The number of rotatable bonds is 7. The van der Waals surface area contributed by atoms with E-state index in [4.69, 9.17) is 5.11 Å². The largest absolute Gasteiger partial charge is 0.395 e. The predicted molar refractivity (Wildman–Crippen MR) is 80.3 cm³/mol. The van der Waals surface area contributed by atoms with Gasteiger partial charge in [0.25, 0.3) is 0 Å². The highest BCUT2D eigenvalue weighted by Crippen LogP contribution is 2.06. The summed E-state index contributed by atoms with van der Waals surface area (Å²) in [4.78, 5) is 13.7. The van der Waals surface area contributed by atoms with Crippen LogP contribution in [0.5, 0.6) is 0 Å². The Kier molecular flexibility index (Phi) is 7.36. The van der Waals surface area contributed by atoms with Crippen molar-refractivity contribution in [1.82, 2.24) is 10.2 Å². The molecule has 1 aromatic rings. The van der Waals surface area contributed by atoms with Crippen molar-refractivity contribution in [2.24, 2.45) is 0 Å². The summed E-state index contributed by atoms with van der Waals surface area (Å²) in [7, 11) is 0. The lowest BCUT2D eigenvalue weighted by Crippen LogP contribution is -2.42. The van der Waals surface area contributed by atoms with Gasteiger partial charge in [-0.25, -0.2) is 4.79 Å². The minimum atomic E-state index is -0.126. The second-order valence-electron chi connectivity index (χ2n) is 4.36. The molecule has 0 heterocycles. The maximum absolute atomic E-state index is 12.1. The van der Waals surface area contributed by atoms with Crippen LogP contribution in [-0.4, -0.2) is 47.2 Å². The van der Waals surface area contributed by atoms with Crippen LogP contribution in [0, 0.1) is 0 Å². The monoisotopic (exact) mass is 282 g/mol. The number of carbonyl (C=O) groups is 1. The molecule has 1 aromatic carbocycles. The third kappa shape index (κ3) is 5.98. The molecule has 0 spiro atoms. The van der Waals surface area contributed by atoms with Gasteiger partial charge >= 0.3 is 6.03 Å². The summed E-state index contributed by atoms with van der Waals surface area (Å²) in [6.07, 6.45) is 2.02. The SMILES string of the molecule is CSC(C)CNC(=O)N(CCO)Cc1ccccc1. The van der Waals surface area contributed by atoms with Crippen molar-refractivity contribution in [3.8, 4) is 0 Å². The van der Waals surface area contributed by atoms with Crippen LogP contribution < -0.4 is 5.32 Å². The number of aliphatic hydroxyl groups excluding tert-OH is 1. The molecule has 106 valence electrons. The van der Waals surface area contributed by atoms with Gasteiger partial charge in [-0.15, -0.1) is 0 Å². The molecule has 1 rings (SSSR count). The van der Waals surface area contributed by atoms with Crippen molar-refractivity contribution < 1.29 is 9.90 Å². The Bertz CT molecular complexity index is 373. The fraction of sp³-hybridized carbons (Fsp3) is 0.500. The number of thioether (sulfide) groups is 1. The van der Waals surface area contributed by atoms with Gasteiger partial charge in [0, 0.05) is 24.9 Å². The van der Waals surface area contributed by atoms with Crippen LogP contribution in [-0.2, 0) is 6.54 Å². The van der Waals surface area contributed by atoms with E-state index in [2.05, 4.69) is 12.2 Å². The number of hydrogen-bond acceptors (Lipinski definition) is 3. The fourth-order valence-corrected chi connectivity index (χ4v) is 1.85. The Morgan fingerprint density at radius 1 is 1.42 bits per heavy atom. The Labute approximate surface area is 119 Å². The van der Waals surface area contributed by atoms with Crippen LogP contribution in [0.15, 0.2) is 30.3 Å². The number of amides is 2. The van der Waals surface area contributed by atoms with Crippen LogP contribution in [0.2, 0.25) is 0 Å². The number of aliphatic hydroxyl groups is 1. The van der Waals surface area contributed by atoms with Gasteiger partial charge in [0.05, 0.1) is 6.61 Å². The number of urea groups is 1. The number of benzene rings is 1. The first kappa shape index (κ1) is 15.9. The minimum Gasteiger partial charge on any atom is -0.395 e. The maximum Gasteiger partial charge on any atom is 0.317 e. The quantitative estimate of drug-likeness (QED) is 0.803. The molecule has 1 unspecified atom stereocenters. The van der Waals surface area contributed by atoms with Crippen molar-refractivity contribution in [2.45, 2.75) is 18.7 Å². The summed E-state index contributed by atoms with van der Waals surface area (Å²) >= 11 is 1.71. The zero-order valence-electron chi connectivity index (χ0n) is 11.5. The van der Waals surface area contributed by atoms with Gasteiger partial charge in [-0.05, 0) is 11.8 Å². The smallest absolute Gasteiger partial charge is 0.317 e. The Morgan fingerprint density at radius 2 is 2.11 bits per heavy atom. The molecular formula is C14H22N2O2S. The molecule has 2 N–H and O–H groups in total. The first-order valence-electron chi connectivity index (χ1n) is 6.37. The van der Waals surface area contributed by atoms with E-state index in [1.54, 1.807) is 16.7 Å². The molecule has 0 aliphatic heterocycles. The van der Waals surface area contributed by atoms with Gasteiger partial charge < -0.3 is 15.3 Å². The zero-order valence-corrected chi connectivity index (χ0v) is 12.3. The van der Waals surface area contributed by atoms with Crippen molar-refractivity contribution >= 4 is 17.8 Å². The van der Waals surface area contributed by atoms with E-state index in [9.17, 15) is 4.79 Å². The molecule has 0 saturated heterocycles. The number of carbonyl (C=O) groups excluding carboxylic acids is 1. The summed E-state index contributed by atoms with van der Waals surface area (Å²) < 4.78 is 0. The molecule has 0 fully saturated rings. The second kappa shape index (κ2) is 8.82. The van der Waals surface area contributed by atoms with Crippen molar-refractivity contribution in [3.05, 3.63) is 35.9 Å². The molecule has 0 aromatic heterocycles. The molecule has 5 heteroatoms. The number of hydrogen-bond donors (Lipinski definition) is 2. The standard InChI is InChI=1S/C14H22N2O2S/c1-12(19-2)10-15-14(18)16(8-9-17)11-13-6-4-3-5-7-13/h3-7,12,17H,8-11H2,1-2H3,(H,15,18). The lowest BCUT2D eigenvalue weighted by atomic mass is 10.2. The normalized spacial score (nSPS) is 11.9. The molecule has 0 saturated carbocycles. The van der Waals surface area contributed by atoms with E-state index in [0.717, 1.165) is 5.56 Å². The molecule has 0 radical (unpaired) electrons. The van der Waals surface area contributed by atoms with Crippen LogP contribution in [0.4, 0.5) is 4.79 Å². The van der Waals surface area contributed by atoms with Gasteiger partial charge in [-0.2, -0.15) is 11.8 Å². The highest BCUT2D eigenvalue weighted by atomic mass is 32.2. The summed E-state index contributed by atoms with van der Waals surface area (Å²) in [5.74, 6) is 0. The molecule has 0 bridgehead atoms. The van der Waals surface area contributed by atoms with Gasteiger partial charge in [0.1, 0.15) is 0 Å². The van der Waals surface area contributed by atoms with Gasteiger partial charge in [0.15, 0.2) is 0 Å². The van der Waals surface area contributed by atoms with Crippen LogP contribution >= 0.6 is 11.8 Å². The van der Waals surface area contributed by atoms with Gasteiger partial charge in [-0.3, -0.25) is 0 Å². The minimum absolute atomic E-state index is 0.0294. The van der Waals surface area contributed by atoms with E-state index in [1.165, 1.54) is 0 Å². The topological polar surface area (TPSA) is 52.6 Å². The lowest BCUT2D eigenvalue weighted by molar-refractivity contribution is 0.174. The molecule has 0 aliphatic carbocycles. The van der Waals surface area contributed by atoms with E-state index in [-0.39, 0.29) is 12.6 Å². The maximum atomic E-state index is 12.1. The summed E-state index contributed by atoms with van der Waals surface area (Å²) in [6, 6.07) is 9.66. The summed E-state index contributed by atoms with van der Waals surface area (Å²) in [5.41, 5.74) is 1.06. The number of nitrogens with zero attached hydrogens (tertiary/aromatic N) is 1. The molecule has 2 amide bonds. The van der Waals surface area contributed by atoms with E-state index >= 15 is 0 Å². The Balaban J connectivity index is 2.54. The van der Waals surface area contributed by atoms with Crippen molar-refractivity contribution in [2.75, 3.05) is 26.0 Å². The van der Waals surface area contributed by atoms with Crippen LogP contribution in [0.1, 0.15) is 12.5 Å². The Morgan fingerprint density at radius 3 is 2.68 bits per heavy atom. The third-order valence-corrected chi connectivity index (χ3v) is 3.79. The van der Waals surface area contributed by atoms with E-state index in [1.807, 2.05) is 36.6 Å². The molecule has 19 heavy (non-hydrogen) atoms. The highest BCUT2D eigenvalue weighted by Gasteiger charge is 2.13. The second-order valence-corrected chi connectivity index (χ2v) is 5.64. The molecular weight excluding hydrogens is 260 g/mol. The van der Waals surface area contributed by atoms with E-state index in [0.29, 0.717) is 24.9 Å². The number of nitrogens with one attached hydrogen (secondary N) is 1. The van der Waals surface area contributed by atoms with Crippen LogP contribution in [0.25, 0.3) is 0 Å². The van der Waals surface area contributed by atoms with Crippen molar-refractivity contribution in [3.63, 3.8) is 0 Å². The van der Waals surface area contributed by atoms with Gasteiger partial charge in [-0.1, -0.05) is 37.3 Å². The molecule has 0 aliphatic rings. The lowest BCUT2D eigenvalue weighted by Gasteiger charge is -2.23. The fourth-order valence-electron chi connectivity index (χ4n) is 1.60. The Hall–Kier alpha value is -1.20. The van der Waals surface area contributed by atoms with Crippen LogP contribution in [0.3, 0.4) is 0 Å². The van der Waals surface area contributed by atoms with Crippen molar-refractivity contribution in [1.29, 1.82) is 0 Å². The first-order chi connectivity index (χ1) is 9.17. The van der Waals surface area contributed by atoms with E-state index < -0.39 is 0 Å². The zero-order chi connectivity index (χ0) is 14.1. The molecule has 4 nitrogen and oxygen atoms in total. The predicted octanol–water partition coefficient (Wildman–Crippen LogP) is 1.94. The summed E-state index contributed by atoms with van der Waals surface area (Å²) in [6.45, 7) is 3.53. The first-order valence-corrected chi connectivity index (χ1v) is 7.66. The van der Waals surface area contributed by atoms with Gasteiger partial charge in [0.2, 0.25) is 0 Å². The third-order valence-electron chi connectivity index (χ3n) is 2.82. The summed E-state index contributed by atoms with van der Waals surface area (Å²) in [5, 5.41) is 12.3. The average molecular weight is 282 g/mol.